The Hall–Kier alpha value is -3.07. The number of aromatic nitrogens is 1. The molecule has 1 aliphatic heterocycles. The molecule has 31 heavy (non-hydrogen) atoms. The predicted octanol–water partition coefficient (Wildman–Crippen LogP) is 3.00. The minimum absolute atomic E-state index is 0.311. The summed E-state index contributed by atoms with van der Waals surface area (Å²) in [4.78, 5) is 39.2. The van der Waals surface area contributed by atoms with Crippen molar-refractivity contribution in [1.29, 1.82) is 0 Å². The van der Waals surface area contributed by atoms with Crippen molar-refractivity contribution in [3.05, 3.63) is 48.7 Å². The standard InChI is InChI=1S/C22H23NO7S/c1-13(24)27-19-12-31-22(21(29-15(3)26)20(19)28-14(2)25)30-17-9-7-16(8-10-17)18-6-4-5-11-23-18/h4-11,19-22H,12H2,1-3H3/t19-,20+,21-,22+/m1/s1. The molecule has 0 aliphatic carbocycles. The topological polar surface area (TPSA) is 101 Å². The summed E-state index contributed by atoms with van der Waals surface area (Å²) in [6.07, 6.45) is -0.983. The molecule has 0 spiro atoms. The SMILES string of the molecule is CC(=O)O[C@@H]1[C@@H](OC(C)=O)[C@@H](Oc2ccc(-c3ccccn3)cc2)SC[C@H]1OC(C)=O. The first kappa shape index (κ1) is 22.6. The van der Waals surface area contributed by atoms with Crippen LogP contribution in [0.5, 0.6) is 5.75 Å². The van der Waals surface area contributed by atoms with E-state index >= 15 is 0 Å². The van der Waals surface area contributed by atoms with Crippen LogP contribution in [0.1, 0.15) is 20.8 Å². The fourth-order valence-corrected chi connectivity index (χ4v) is 4.40. The number of pyridine rings is 1. The van der Waals surface area contributed by atoms with Crippen LogP contribution in [0.2, 0.25) is 0 Å². The zero-order chi connectivity index (χ0) is 22.4. The largest absolute Gasteiger partial charge is 0.476 e. The number of nitrogens with zero attached hydrogens (tertiary/aromatic N) is 1. The van der Waals surface area contributed by atoms with Crippen LogP contribution in [0.15, 0.2) is 48.7 Å². The zero-order valence-electron chi connectivity index (χ0n) is 17.3. The zero-order valence-corrected chi connectivity index (χ0v) is 18.2. The quantitative estimate of drug-likeness (QED) is 0.490. The first-order valence-corrected chi connectivity index (χ1v) is 10.7. The van der Waals surface area contributed by atoms with Gasteiger partial charge in [-0.1, -0.05) is 6.07 Å². The van der Waals surface area contributed by atoms with Crippen molar-refractivity contribution in [2.75, 3.05) is 5.75 Å². The van der Waals surface area contributed by atoms with Crippen LogP contribution in [-0.4, -0.2) is 52.4 Å². The molecule has 1 aliphatic rings. The second kappa shape index (κ2) is 10.3. The van der Waals surface area contributed by atoms with Crippen LogP contribution < -0.4 is 4.74 Å². The third kappa shape index (κ3) is 6.21. The molecule has 0 N–H and O–H groups in total. The van der Waals surface area contributed by atoms with Crippen LogP contribution >= 0.6 is 11.8 Å². The second-order valence-corrected chi connectivity index (χ2v) is 7.99. The van der Waals surface area contributed by atoms with E-state index in [1.165, 1.54) is 32.5 Å². The smallest absolute Gasteiger partial charge is 0.303 e. The molecule has 0 unspecified atom stereocenters. The molecule has 3 rings (SSSR count). The van der Waals surface area contributed by atoms with Gasteiger partial charge in [0.2, 0.25) is 0 Å². The molecule has 1 saturated heterocycles. The van der Waals surface area contributed by atoms with Crippen LogP contribution in [0.25, 0.3) is 11.3 Å². The number of rotatable bonds is 6. The number of hydrogen-bond acceptors (Lipinski definition) is 9. The number of carbonyl (C=O) groups is 3. The van der Waals surface area contributed by atoms with E-state index < -0.39 is 41.7 Å². The summed E-state index contributed by atoms with van der Waals surface area (Å²) < 4.78 is 22.1. The van der Waals surface area contributed by atoms with Gasteiger partial charge in [0.25, 0.3) is 0 Å². The van der Waals surface area contributed by atoms with Crippen molar-refractivity contribution >= 4 is 29.7 Å². The van der Waals surface area contributed by atoms with Gasteiger partial charge in [0.05, 0.1) is 5.69 Å². The van der Waals surface area contributed by atoms with Crippen LogP contribution in [0, 0.1) is 0 Å². The summed E-state index contributed by atoms with van der Waals surface area (Å²) in [6, 6.07) is 13.0. The number of hydrogen-bond donors (Lipinski definition) is 0. The van der Waals surface area contributed by atoms with Gasteiger partial charge in [-0.15, -0.1) is 11.8 Å². The Balaban J connectivity index is 1.80. The molecule has 1 fully saturated rings. The summed E-state index contributed by atoms with van der Waals surface area (Å²) in [5, 5.41) is 0. The van der Waals surface area contributed by atoms with Gasteiger partial charge >= 0.3 is 17.9 Å². The molecule has 1 aromatic heterocycles. The third-order valence-corrected chi connectivity index (χ3v) is 5.59. The Morgan fingerprint density at radius 3 is 2.10 bits per heavy atom. The maximum absolute atomic E-state index is 11.7. The van der Waals surface area contributed by atoms with Gasteiger partial charge in [0, 0.05) is 38.3 Å². The van der Waals surface area contributed by atoms with Gasteiger partial charge in [-0.2, -0.15) is 0 Å². The summed E-state index contributed by atoms with van der Waals surface area (Å²) in [7, 11) is 0. The number of benzene rings is 1. The lowest BCUT2D eigenvalue weighted by Gasteiger charge is -2.39. The lowest BCUT2D eigenvalue weighted by atomic mass is 10.1. The number of carbonyl (C=O) groups excluding carboxylic acids is 3. The van der Waals surface area contributed by atoms with E-state index in [1.807, 2.05) is 30.3 Å². The molecule has 1 aromatic carbocycles. The molecular formula is C22H23NO7S. The highest BCUT2D eigenvalue weighted by Gasteiger charge is 2.47. The number of ether oxygens (including phenoxy) is 4. The molecule has 164 valence electrons. The van der Waals surface area contributed by atoms with Gasteiger partial charge in [-0.3, -0.25) is 19.4 Å². The molecule has 8 nitrogen and oxygen atoms in total. The summed E-state index contributed by atoms with van der Waals surface area (Å²) in [5.41, 5.74) is 1.09. The summed E-state index contributed by atoms with van der Waals surface area (Å²) in [6.45, 7) is 3.76. The second-order valence-electron chi connectivity index (χ2n) is 6.85. The Morgan fingerprint density at radius 2 is 1.52 bits per heavy atom. The molecule has 0 amide bonds. The Bertz CT molecular complexity index is 919. The van der Waals surface area contributed by atoms with E-state index in [-0.39, 0.29) is 0 Å². The Labute approximate surface area is 184 Å². The maximum atomic E-state index is 11.7. The predicted molar refractivity (Wildman–Crippen MR) is 113 cm³/mol. The highest BCUT2D eigenvalue weighted by molar-refractivity contribution is 7.99. The third-order valence-electron chi connectivity index (χ3n) is 4.37. The molecule has 4 atom stereocenters. The average molecular weight is 445 g/mol. The first-order valence-electron chi connectivity index (χ1n) is 9.65. The summed E-state index contributed by atoms with van der Waals surface area (Å²) in [5.74, 6) is -0.808. The van der Waals surface area contributed by atoms with E-state index in [9.17, 15) is 14.4 Å². The van der Waals surface area contributed by atoms with Crippen molar-refractivity contribution in [3.63, 3.8) is 0 Å². The van der Waals surface area contributed by atoms with E-state index in [2.05, 4.69) is 4.98 Å². The van der Waals surface area contributed by atoms with Crippen molar-refractivity contribution in [1.82, 2.24) is 4.98 Å². The average Bonchev–Trinajstić information content (AvgIpc) is 2.72. The van der Waals surface area contributed by atoms with Crippen LogP contribution in [-0.2, 0) is 28.6 Å². The monoisotopic (exact) mass is 445 g/mol. The first-order chi connectivity index (χ1) is 14.8. The molecule has 2 aromatic rings. The van der Waals surface area contributed by atoms with E-state index in [0.29, 0.717) is 11.5 Å². The molecule has 0 saturated carbocycles. The minimum atomic E-state index is -0.982. The normalized spacial score (nSPS) is 22.8. The minimum Gasteiger partial charge on any atom is -0.476 e. The molecule has 9 heteroatoms. The summed E-state index contributed by atoms with van der Waals surface area (Å²) >= 11 is 1.31. The fraction of sp³-hybridized carbons (Fsp3) is 0.364. The lowest BCUT2D eigenvalue weighted by molar-refractivity contribution is -0.186. The van der Waals surface area contributed by atoms with E-state index in [1.54, 1.807) is 18.3 Å². The van der Waals surface area contributed by atoms with Gasteiger partial charge in [-0.05, 0) is 36.4 Å². The van der Waals surface area contributed by atoms with Gasteiger partial charge in [0.1, 0.15) is 5.75 Å². The van der Waals surface area contributed by atoms with Gasteiger partial charge < -0.3 is 18.9 Å². The van der Waals surface area contributed by atoms with Crippen LogP contribution in [0.4, 0.5) is 0 Å². The molecule has 2 heterocycles. The Morgan fingerprint density at radius 1 is 0.871 bits per heavy atom. The highest BCUT2D eigenvalue weighted by Crippen LogP contribution is 2.34. The fourth-order valence-electron chi connectivity index (χ4n) is 3.18. The number of thioether (sulfide) groups is 1. The van der Waals surface area contributed by atoms with E-state index in [0.717, 1.165) is 11.3 Å². The van der Waals surface area contributed by atoms with Gasteiger partial charge in [0.15, 0.2) is 23.7 Å². The van der Waals surface area contributed by atoms with E-state index in [4.69, 9.17) is 18.9 Å². The molecule has 0 radical (unpaired) electrons. The van der Waals surface area contributed by atoms with Crippen molar-refractivity contribution in [2.45, 2.75) is 44.5 Å². The maximum Gasteiger partial charge on any atom is 0.303 e. The van der Waals surface area contributed by atoms with Crippen molar-refractivity contribution in [3.8, 4) is 17.0 Å². The van der Waals surface area contributed by atoms with Crippen LogP contribution in [0.3, 0.4) is 0 Å². The van der Waals surface area contributed by atoms with Gasteiger partial charge in [-0.25, -0.2) is 0 Å². The van der Waals surface area contributed by atoms with Crippen molar-refractivity contribution in [2.24, 2.45) is 0 Å². The molecule has 0 bridgehead atoms. The lowest BCUT2D eigenvalue weighted by Crippen LogP contribution is -2.55. The Kier molecular flexibility index (Phi) is 7.51. The van der Waals surface area contributed by atoms with Crippen molar-refractivity contribution < 1.29 is 33.3 Å². The number of esters is 3. The molecular weight excluding hydrogens is 422 g/mol. The highest BCUT2D eigenvalue weighted by atomic mass is 32.2.